The van der Waals surface area contributed by atoms with Gasteiger partial charge >= 0.3 is 0 Å². The van der Waals surface area contributed by atoms with Crippen LogP contribution in [-0.4, -0.2) is 29.8 Å². The molecule has 1 aromatic carbocycles. The first kappa shape index (κ1) is 14.8. The van der Waals surface area contributed by atoms with Gasteiger partial charge in [-0.1, -0.05) is 6.07 Å². The molecule has 1 fully saturated rings. The second-order valence-corrected chi connectivity index (χ2v) is 6.46. The van der Waals surface area contributed by atoms with E-state index in [0.29, 0.717) is 12.1 Å². The first-order chi connectivity index (χ1) is 9.39. The average Bonchev–Trinajstić information content (AvgIpc) is 2.81. The van der Waals surface area contributed by atoms with Crippen molar-refractivity contribution in [1.29, 1.82) is 5.26 Å². The Kier molecular flexibility index (Phi) is 4.32. The fourth-order valence-corrected chi connectivity index (χ4v) is 2.39. The van der Waals surface area contributed by atoms with Crippen molar-refractivity contribution >= 4 is 5.69 Å². The van der Waals surface area contributed by atoms with Gasteiger partial charge in [0.2, 0.25) is 0 Å². The summed E-state index contributed by atoms with van der Waals surface area (Å²) in [4.78, 5) is 2.09. The third kappa shape index (κ3) is 3.72. The molecular formula is C16H23N3O. The van der Waals surface area contributed by atoms with Gasteiger partial charge in [0.1, 0.15) is 6.07 Å². The zero-order valence-corrected chi connectivity index (χ0v) is 12.5. The number of nitrogens with zero attached hydrogens (tertiary/aromatic N) is 2. The molecule has 1 aromatic rings. The van der Waals surface area contributed by atoms with Gasteiger partial charge in [-0.3, -0.25) is 0 Å². The number of hydrogen-bond acceptors (Lipinski definition) is 4. The van der Waals surface area contributed by atoms with Crippen LogP contribution in [-0.2, 0) is 6.54 Å². The van der Waals surface area contributed by atoms with Crippen LogP contribution >= 0.6 is 0 Å². The minimum atomic E-state index is -0.274. The first-order valence-corrected chi connectivity index (χ1v) is 7.10. The topological polar surface area (TPSA) is 59.3 Å². The van der Waals surface area contributed by atoms with Gasteiger partial charge in [-0.2, -0.15) is 5.26 Å². The summed E-state index contributed by atoms with van der Waals surface area (Å²) in [6.07, 6.45) is 0.502. The summed E-state index contributed by atoms with van der Waals surface area (Å²) in [6, 6.07) is 8.27. The largest absolute Gasteiger partial charge is 0.391 e. The second-order valence-electron chi connectivity index (χ2n) is 6.46. The Labute approximate surface area is 121 Å². The van der Waals surface area contributed by atoms with Crippen molar-refractivity contribution in [3.63, 3.8) is 0 Å². The quantitative estimate of drug-likeness (QED) is 0.884. The van der Waals surface area contributed by atoms with Crippen molar-refractivity contribution in [2.45, 2.75) is 45.4 Å². The van der Waals surface area contributed by atoms with Crippen molar-refractivity contribution in [3.8, 4) is 6.07 Å². The molecule has 1 aliphatic heterocycles. The maximum absolute atomic E-state index is 9.62. The molecule has 20 heavy (non-hydrogen) atoms. The molecule has 0 spiro atoms. The van der Waals surface area contributed by atoms with Crippen LogP contribution in [0.15, 0.2) is 18.2 Å². The van der Waals surface area contributed by atoms with Gasteiger partial charge in [-0.05, 0) is 44.9 Å². The normalized spacial score (nSPS) is 19.1. The molecule has 1 atom stereocenters. The van der Waals surface area contributed by atoms with E-state index in [2.05, 4.69) is 43.1 Å². The van der Waals surface area contributed by atoms with Crippen LogP contribution in [0.25, 0.3) is 0 Å². The van der Waals surface area contributed by atoms with E-state index in [0.717, 1.165) is 30.8 Å². The Morgan fingerprint density at radius 3 is 2.75 bits per heavy atom. The molecule has 1 heterocycles. The summed E-state index contributed by atoms with van der Waals surface area (Å²) in [5.41, 5.74) is 2.79. The number of β-amino-alcohol motifs (C(OH)–C–C–N with tert-alkyl or cyclic N) is 1. The highest BCUT2D eigenvalue weighted by Crippen LogP contribution is 2.25. The van der Waals surface area contributed by atoms with Crippen molar-refractivity contribution in [2.75, 3.05) is 18.0 Å². The fourth-order valence-electron chi connectivity index (χ4n) is 2.39. The van der Waals surface area contributed by atoms with Gasteiger partial charge in [0.05, 0.1) is 17.4 Å². The Morgan fingerprint density at radius 2 is 2.20 bits per heavy atom. The number of aliphatic hydroxyl groups excluding tert-OH is 1. The van der Waals surface area contributed by atoms with E-state index in [4.69, 9.17) is 0 Å². The number of hydrogen-bond donors (Lipinski definition) is 2. The Bertz CT molecular complexity index is 513. The second kappa shape index (κ2) is 5.82. The average molecular weight is 273 g/mol. The predicted octanol–water partition coefficient (Wildman–Crippen LogP) is 2.02. The molecule has 1 aliphatic rings. The van der Waals surface area contributed by atoms with Gasteiger partial charge in [-0.15, -0.1) is 0 Å². The monoisotopic (exact) mass is 273 g/mol. The molecule has 2 rings (SSSR count). The molecule has 0 bridgehead atoms. The minimum Gasteiger partial charge on any atom is -0.391 e. The van der Waals surface area contributed by atoms with Gasteiger partial charge in [0.15, 0.2) is 0 Å². The number of rotatable bonds is 3. The van der Waals surface area contributed by atoms with Gasteiger partial charge < -0.3 is 15.3 Å². The lowest BCUT2D eigenvalue weighted by Crippen LogP contribution is -2.35. The van der Waals surface area contributed by atoms with Crippen molar-refractivity contribution in [1.82, 2.24) is 5.32 Å². The van der Waals surface area contributed by atoms with Crippen LogP contribution in [0, 0.1) is 11.3 Å². The molecule has 2 N–H and O–H groups in total. The Morgan fingerprint density at radius 1 is 1.45 bits per heavy atom. The van der Waals surface area contributed by atoms with E-state index < -0.39 is 0 Å². The van der Waals surface area contributed by atoms with Crippen LogP contribution in [0.2, 0.25) is 0 Å². The summed E-state index contributed by atoms with van der Waals surface area (Å²) >= 11 is 0. The van der Waals surface area contributed by atoms with Crippen molar-refractivity contribution in [3.05, 3.63) is 29.3 Å². The van der Waals surface area contributed by atoms with E-state index in [1.807, 2.05) is 12.1 Å². The van der Waals surface area contributed by atoms with E-state index in [9.17, 15) is 10.4 Å². The number of nitrogens with one attached hydrogen (secondary N) is 1. The van der Waals surface area contributed by atoms with Crippen molar-refractivity contribution < 1.29 is 5.11 Å². The minimum absolute atomic E-state index is 0.0601. The zero-order valence-electron chi connectivity index (χ0n) is 12.5. The van der Waals surface area contributed by atoms with Crippen LogP contribution in [0.1, 0.15) is 38.3 Å². The lowest BCUT2D eigenvalue weighted by molar-refractivity contribution is 0.198. The number of nitriles is 1. The standard InChI is InChI=1S/C16H23N3O/c1-16(2,3)18-10-12-4-5-15(13(8-12)9-17)19-7-6-14(20)11-19/h4-5,8,14,18,20H,6-7,10-11H2,1-3H3. The predicted molar refractivity (Wildman–Crippen MR) is 80.6 cm³/mol. The van der Waals surface area contributed by atoms with E-state index in [1.54, 1.807) is 0 Å². The molecule has 4 nitrogen and oxygen atoms in total. The molecule has 1 saturated heterocycles. The van der Waals surface area contributed by atoms with E-state index >= 15 is 0 Å². The summed E-state index contributed by atoms with van der Waals surface area (Å²) in [5, 5.41) is 22.4. The number of benzene rings is 1. The summed E-state index contributed by atoms with van der Waals surface area (Å²) < 4.78 is 0. The fraction of sp³-hybridized carbons (Fsp3) is 0.562. The maximum atomic E-state index is 9.62. The SMILES string of the molecule is CC(C)(C)NCc1ccc(N2CCC(O)C2)c(C#N)c1. The van der Waals surface area contributed by atoms with E-state index in [1.165, 1.54) is 0 Å². The third-order valence-corrected chi connectivity index (χ3v) is 3.51. The smallest absolute Gasteiger partial charge is 0.101 e. The molecule has 0 aliphatic carbocycles. The third-order valence-electron chi connectivity index (χ3n) is 3.51. The summed E-state index contributed by atoms with van der Waals surface area (Å²) in [6.45, 7) is 8.55. The highest BCUT2D eigenvalue weighted by molar-refractivity contribution is 5.61. The molecule has 0 aromatic heterocycles. The molecule has 4 heteroatoms. The Balaban J connectivity index is 2.14. The van der Waals surface area contributed by atoms with Gasteiger partial charge in [0, 0.05) is 25.2 Å². The van der Waals surface area contributed by atoms with Crippen LogP contribution in [0.3, 0.4) is 0 Å². The highest BCUT2D eigenvalue weighted by Gasteiger charge is 2.22. The first-order valence-electron chi connectivity index (χ1n) is 7.10. The lowest BCUT2D eigenvalue weighted by atomic mass is 10.1. The molecule has 0 amide bonds. The summed E-state index contributed by atoms with van der Waals surface area (Å²) in [5.74, 6) is 0. The molecule has 0 radical (unpaired) electrons. The van der Waals surface area contributed by atoms with Gasteiger partial charge in [0.25, 0.3) is 0 Å². The number of anilines is 1. The van der Waals surface area contributed by atoms with Crippen molar-refractivity contribution in [2.24, 2.45) is 0 Å². The maximum Gasteiger partial charge on any atom is 0.101 e. The summed E-state index contributed by atoms with van der Waals surface area (Å²) in [7, 11) is 0. The molecule has 1 unspecified atom stereocenters. The molecule has 0 saturated carbocycles. The molecule has 108 valence electrons. The molecular weight excluding hydrogens is 250 g/mol. The lowest BCUT2D eigenvalue weighted by Gasteiger charge is -2.22. The Hall–Kier alpha value is -1.57. The van der Waals surface area contributed by atoms with Crippen LogP contribution in [0.4, 0.5) is 5.69 Å². The highest BCUT2D eigenvalue weighted by atomic mass is 16.3. The van der Waals surface area contributed by atoms with Crippen LogP contribution in [0.5, 0.6) is 0 Å². The zero-order chi connectivity index (χ0) is 14.8. The number of aliphatic hydroxyl groups is 1. The van der Waals surface area contributed by atoms with Gasteiger partial charge in [-0.25, -0.2) is 0 Å². The van der Waals surface area contributed by atoms with Crippen LogP contribution < -0.4 is 10.2 Å². The van der Waals surface area contributed by atoms with E-state index in [-0.39, 0.29) is 11.6 Å².